The number of hydrogen-bond acceptors (Lipinski definition) is 7. The summed E-state index contributed by atoms with van der Waals surface area (Å²) in [5, 5.41) is 13.7. The Morgan fingerprint density at radius 3 is 2.90 bits per heavy atom. The summed E-state index contributed by atoms with van der Waals surface area (Å²) >= 11 is 0. The third kappa shape index (κ3) is 4.33. The summed E-state index contributed by atoms with van der Waals surface area (Å²) < 4.78 is 16.0. The van der Waals surface area contributed by atoms with Crippen LogP contribution in [0.15, 0.2) is 16.7 Å². The van der Waals surface area contributed by atoms with Gasteiger partial charge in [0.15, 0.2) is 5.82 Å². The summed E-state index contributed by atoms with van der Waals surface area (Å²) in [7, 11) is 1.65. The molecule has 4 rings (SSSR count). The van der Waals surface area contributed by atoms with Crippen molar-refractivity contribution in [2.75, 3.05) is 19.0 Å². The van der Waals surface area contributed by atoms with E-state index in [0.29, 0.717) is 18.1 Å². The van der Waals surface area contributed by atoms with Crippen molar-refractivity contribution in [1.82, 2.24) is 20.3 Å². The SMILES string of the molecule is CO[C@@H]1CN(C(=O)O[C@@H]2CC[C@H](c3cc(NC(=O)Cc4cc(C)no4)n[nH]3)C2)[C@H]1C. The number of aryl methyl sites for hydroxylation is 1. The Morgan fingerprint density at radius 1 is 1.37 bits per heavy atom. The number of ether oxygens (including phenoxy) is 2. The van der Waals surface area contributed by atoms with E-state index in [2.05, 4.69) is 20.7 Å². The lowest BCUT2D eigenvalue weighted by atomic mass is 10.0. The van der Waals surface area contributed by atoms with Gasteiger partial charge in [0, 0.05) is 30.9 Å². The van der Waals surface area contributed by atoms with Crippen LogP contribution in [0, 0.1) is 6.92 Å². The van der Waals surface area contributed by atoms with Crippen LogP contribution in [0.4, 0.5) is 10.6 Å². The van der Waals surface area contributed by atoms with Gasteiger partial charge in [-0.3, -0.25) is 9.89 Å². The zero-order chi connectivity index (χ0) is 21.3. The number of carbonyl (C=O) groups is 2. The highest BCUT2D eigenvalue weighted by Crippen LogP contribution is 2.36. The second kappa shape index (κ2) is 8.47. The van der Waals surface area contributed by atoms with Gasteiger partial charge in [-0.2, -0.15) is 5.10 Å². The van der Waals surface area contributed by atoms with Crippen molar-refractivity contribution < 1.29 is 23.6 Å². The zero-order valence-corrected chi connectivity index (χ0v) is 17.4. The molecule has 2 N–H and O–H groups in total. The number of rotatable bonds is 6. The van der Waals surface area contributed by atoms with Crippen LogP contribution in [0.1, 0.15) is 49.3 Å². The lowest BCUT2D eigenvalue weighted by molar-refractivity contribution is -0.115. The van der Waals surface area contributed by atoms with E-state index in [9.17, 15) is 9.59 Å². The van der Waals surface area contributed by atoms with Crippen molar-refractivity contribution in [2.45, 2.75) is 63.7 Å². The number of anilines is 1. The molecule has 4 atom stereocenters. The number of aromatic amines is 1. The van der Waals surface area contributed by atoms with E-state index < -0.39 is 0 Å². The molecule has 2 fully saturated rings. The number of aromatic nitrogens is 3. The van der Waals surface area contributed by atoms with Crippen molar-refractivity contribution in [3.05, 3.63) is 29.3 Å². The minimum absolute atomic E-state index is 0.0411. The quantitative estimate of drug-likeness (QED) is 0.740. The number of nitrogens with zero attached hydrogens (tertiary/aromatic N) is 3. The van der Waals surface area contributed by atoms with Crippen LogP contribution >= 0.6 is 0 Å². The van der Waals surface area contributed by atoms with Gasteiger partial charge in [0.2, 0.25) is 5.91 Å². The van der Waals surface area contributed by atoms with E-state index in [-0.39, 0.29) is 42.6 Å². The predicted octanol–water partition coefficient (Wildman–Crippen LogP) is 2.38. The molecule has 10 heteroatoms. The maximum Gasteiger partial charge on any atom is 0.410 e. The third-order valence-corrected chi connectivity index (χ3v) is 5.91. The molecule has 1 saturated carbocycles. The summed E-state index contributed by atoms with van der Waals surface area (Å²) in [5.41, 5.74) is 1.66. The molecule has 3 heterocycles. The van der Waals surface area contributed by atoms with Crippen LogP contribution in [0.5, 0.6) is 0 Å². The fourth-order valence-corrected chi connectivity index (χ4v) is 4.08. The number of methoxy groups -OCH3 is 1. The van der Waals surface area contributed by atoms with E-state index in [1.807, 2.05) is 13.0 Å². The molecular formula is C20H27N5O5. The van der Waals surface area contributed by atoms with Crippen LogP contribution in [0.2, 0.25) is 0 Å². The maximum absolute atomic E-state index is 12.3. The van der Waals surface area contributed by atoms with Gasteiger partial charge in [-0.1, -0.05) is 5.16 Å². The molecule has 0 radical (unpaired) electrons. The Balaban J connectivity index is 1.25. The number of nitrogens with one attached hydrogen (secondary N) is 2. The summed E-state index contributed by atoms with van der Waals surface area (Å²) in [6, 6.07) is 3.60. The first-order chi connectivity index (χ1) is 14.4. The van der Waals surface area contributed by atoms with Crippen LogP contribution in [-0.2, 0) is 20.7 Å². The summed E-state index contributed by atoms with van der Waals surface area (Å²) in [5.74, 6) is 0.958. The number of carbonyl (C=O) groups excluding carboxylic acids is 2. The standard InChI is InChI=1S/C20H27N5O5/c1-11-6-15(30-24-11)8-19(26)21-18-9-16(22-23-18)13-4-5-14(7-13)29-20(27)25-10-17(28-3)12(25)2/h6,9,12-14,17H,4-5,7-8,10H2,1-3H3,(H2,21,22,23,26)/t12-,13-,14+,17+/m0/s1. The van der Waals surface area contributed by atoms with Gasteiger partial charge in [-0.25, -0.2) is 4.79 Å². The number of likely N-dealkylation sites (tertiary alicyclic amines) is 1. The smallest absolute Gasteiger partial charge is 0.410 e. The van der Waals surface area contributed by atoms with Crippen molar-refractivity contribution in [2.24, 2.45) is 0 Å². The van der Waals surface area contributed by atoms with Crippen molar-refractivity contribution in [3.63, 3.8) is 0 Å². The number of amides is 2. The highest BCUT2D eigenvalue weighted by Gasteiger charge is 2.41. The molecule has 10 nitrogen and oxygen atoms in total. The predicted molar refractivity (Wildman–Crippen MR) is 106 cm³/mol. The first kappa shape index (κ1) is 20.4. The summed E-state index contributed by atoms with van der Waals surface area (Å²) in [6.07, 6.45) is 2.21. The van der Waals surface area contributed by atoms with Crippen molar-refractivity contribution in [3.8, 4) is 0 Å². The highest BCUT2D eigenvalue weighted by atomic mass is 16.6. The van der Waals surface area contributed by atoms with Gasteiger partial charge >= 0.3 is 6.09 Å². The first-order valence-corrected chi connectivity index (χ1v) is 10.2. The van der Waals surface area contributed by atoms with Gasteiger partial charge < -0.3 is 24.2 Å². The Bertz CT molecular complexity index is 909. The van der Waals surface area contributed by atoms with Crippen LogP contribution in [-0.4, -0.2) is 64.2 Å². The van der Waals surface area contributed by atoms with E-state index in [1.165, 1.54) is 0 Å². The summed E-state index contributed by atoms with van der Waals surface area (Å²) in [6.45, 7) is 4.34. The lowest BCUT2D eigenvalue weighted by Crippen LogP contribution is -2.61. The Labute approximate surface area is 174 Å². The molecule has 0 spiro atoms. The van der Waals surface area contributed by atoms with Gasteiger partial charge in [0.25, 0.3) is 0 Å². The second-order valence-corrected chi connectivity index (χ2v) is 8.05. The third-order valence-electron chi connectivity index (χ3n) is 5.91. The molecule has 2 aliphatic rings. The fraction of sp³-hybridized carbons (Fsp3) is 0.600. The largest absolute Gasteiger partial charge is 0.446 e. The number of hydrogen-bond donors (Lipinski definition) is 2. The Hall–Kier alpha value is -2.88. The highest BCUT2D eigenvalue weighted by molar-refractivity contribution is 5.91. The first-order valence-electron chi connectivity index (χ1n) is 10.2. The minimum Gasteiger partial charge on any atom is -0.446 e. The van der Waals surface area contributed by atoms with E-state index in [4.69, 9.17) is 14.0 Å². The molecule has 2 amide bonds. The topological polar surface area (TPSA) is 123 Å². The van der Waals surface area contributed by atoms with E-state index in [0.717, 1.165) is 30.7 Å². The van der Waals surface area contributed by atoms with Crippen molar-refractivity contribution >= 4 is 17.8 Å². The Kier molecular flexibility index (Phi) is 5.76. The average Bonchev–Trinajstić information content (AvgIpc) is 3.42. The Morgan fingerprint density at radius 2 is 2.20 bits per heavy atom. The molecule has 0 unspecified atom stereocenters. The minimum atomic E-state index is -0.276. The van der Waals surface area contributed by atoms with Gasteiger partial charge in [0.05, 0.1) is 30.8 Å². The molecule has 1 saturated heterocycles. The molecule has 2 aromatic heterocycles. The lowest BCUT2D eigenvalue weighted by Gasteiger charge is -2.44. The molecule has 2 aromatic rings. The van der Waals surface area contributed by atoms with Gasteiger partial charge in [0.1, 0.15) is 11.9 Å². The molecule has 1 aliphatic heterocycles. The van der Waals surface area contributed by atoms with Crippen LogP contribution in [0.25, 0.3) is 0 Å². The van der Waals surface area contributed by atoms with Gasteiger partial charge in [-0.15, -0.1) is 0 Å². The molecular weight excluding hydrogens is 390 g/mol. The monoisotopic (exact) mass is 417 g/mol. The maximum atomic E-state index is 12.3. The molecule has 1 aliphatic carbocycles. The normalized spacial score (nSPS) is 25.8. The molecule has 0 bridgehead atoms. The number of H-pyrrole nitrogens is 1. The van der Waals surface area contributed by atoms with E-state index >= 15 is 0 Å². The van der Waals surface area contributed by atoms with Gasteiger partial charge in [-0.05, 0) is 33.1 Å². The zero-order valence-electron chi connectivity index (χ0n) is 17.4. The van der Waals surface area contributed by atoms with Crippen LogP contribution in [0.3, 0.4) is 0 Å². The molecule has 0 aromatic carbocycles. The van der Waals surface area contributed by atoms with E-state index in [1.54, 1.807) is 25.0 Å². The second-order valence-electron chi connectivity index (χ2n) is 8.05. The molecule has 30 heavy (non-hydrogen) atoms. The van der Waals surface area contributed by atoms with Crippen molar-refractivity contribution in [1.29, 1.82) is 0 Å². The fourth-order valence-electron chi connectivity index (χ4n) is 4.08. The average molecular weight is 417 g/mol. The summed E-state index contributed by atoms with van der Waals surface area (Å²) in [4.78, 5) is 26.2. The van der Waals surface area contributed by atoms with Crippen LogP contribution < -0.4 is 5.32 Å². The molecule has 162 valence electrons.